The summed E-state index contributed by atoms with van der Waals surface area (Å²) in [4.78, 5) is 15.0. The lowest BCUT2D eigenvalue weighted by molar-refractivity contribution is -0.133. The minimum atomic E-state index is 0.0831. The Bertz CT molecular complexity index is 329. The van der Waals surface area contributed by atoms with Crippen molar-refractivity contribution >= 4 is 17.7 Å². The summed E-state index contributed by atoms with van der Waals surface area (Å²) in [6.07, 6.45) is 13.0. The number of nitrogens with one attached hydrogen (secondary N) is 1. The lowest BCUT2D eigenvalue weighted by Crippen LogP contribution is -2.46. The quantitative estimate of drug-likeness (QED) is 0.776. The van der Waals surface area contributed by atoms with Gasteiger partial charge < -0.3 is 4.90 Å². The molecule has 1 heterocycles. The third-order valence-electron chi connectivity index (χ3n) is 5.06. The van der Waals surface area contributed by atoms with Crippen LogP contribution in [0.1, 0.15) is 71.6 Å². The summed E-state index contributed by atoms with van der Waals surface area (Å²) in [6.45, 7) is 4.42. The van der Waals surface area contributed by atoms with Gasteiger partial charge >= 0.3 is 0 Å². The Balaban J connectivity index is 1.99. The molecule has 0 radical (unpaired) electrons. The van der Waals surface area contributed by atoms with E-state index in [0.29, 0.717) is 18.1 Å². The van der Waals surface area contributed by atoms with Crippen LogP contribution in [0.25, 0.3) is 0 Å². The zero-order chi connectivity index (χ0) is 15.2. The van der Waals surface area contributed by atoms with Crippen LogP contribution in [-0.4, -0.2) is 40.6 Å². The second-order valence-corrected chi connectivity index (χ2v) is 7.72. The first-order valence-corrected chi connectivity index (χ1v) is 10.1. The second kappa shape index (κ2) is 8.42. The Kier molecular flexibility index (Phi) is 6.87. The zero-order valence-electron chi connectivity index (χ0n) is 13.9. The summed E-state index contributed by atoms with van der Waals surface area (Å²) in [5.41, 5.74) is 0. The Morgan fingerprint density at radius 1 is 1.14 bits per heavy atom. The van der Waals surface area contributed by atoms with E-state index in [1.165, 1.54) is 32.1 Å². The standard InChI is InChI=1S/C17H32N2OS/c1-4-6-8-15-17(20)19(16(18-15)7-5-2)13-9-11-14(21-3)12-10-13/h13-16,18H,4-12H2,1-3H3. The third-order valence-corrected chi connectivity index (χ3v) is 6.20. The van der Waals surface area contributed by atoms with Crippen LogP contribution in [0.4, 0.5) is 0 Å². The normalized spacial score (nSPS) is 33.7. The molecular weight excluding hydrogens is 280 g/mol. The minimum absolute atomic E-state index is 0.0831. The van der Waals surface area contributed by atoms with Gasteiger partial charge in [-0.2, -0.15) is 11.8 Å². The van der Waals surface area contributed by atoms with E-state index >= 15 is 0 Å². The molecule has 0 aromatic rings. The van der Waals surface area contributed by atoms with E-state index in [4.69, 9.17) is 0 Å². The highest BCUT2D eigenvalue weighted by Gasteiger charge is 2.42. The molecule has 1 saturated carbocycles. The van der Waals surface area contributed by atoms with Crippen molar-refractivity contribution < 1.29 is 4.79 Å². The van der Waals surface area contributed by atoms with Crippen molar-refractivity contribution in [3.05, 3.63) is 0 Å². The van der Waals surface area contributed by atoms with Crippen LogP contribution in [0.15, 0.2) is 0 Å². The third kappa shape index (κ3) is 4.16. The van der Waals surface area contributed by atoms with Crippen LogP contribution in [-0.2, 0) is 4.79 Å². The minimum Gasteiger partial charge on any atom is -0.323 e. The largest absolute Gasteiger partial charge is 0.323 e. The SMILES string of the molecule is CCCCC1NC(CCC)N(C2CCC(SC)CC2)C1=O. The number of unbranched alkanes of at least 4 members (excludes halogenated alkanes) is 1. The number of hydrogen-bond donors (Lipinski definition) is 1. The van der Waals surface area contributed by atoms with Crippen molar-refractivity contribution in [1.82, 2.24) is 10.2 Å². The predicted octanol–water partition coefficient (Wildman–Crippen LogP) is 3.78. The Morgan fingerprint density at radius 3 is 2.43 bits per heavy atom. The molecule has 2 aliphatic rings. The van der Waals surface area contributed by atoms with Crippen molar-refractivity contribution in [2.24, 2.45) is 0 Å². The number of rotatable bonds is 7. The number of carbonyl (C=O) groups is 1. The van der Waals surface area contributed by atoms with E-state index in [1.807, 2.05) is 11.8 Å². The highest BCUT2D eigenvalue weighted by Crippen LogP contribution is 2.33. The van der Waals surface area contributed by atoms with Crippen molar-refractivity contribution in [3.63, 3.8) is 0 Å². The van der Waals surface area contributed by atoms with Crippen molar-refractivity contribution in [2.45, 2.75) is 95.1 Å². The van der Waals surface area contributed by atoms with Gasteiger partial charge in [0.15, 0.2) is 0 Å². The molecule has 2 rings (SSSR count). The molecular formula is C17H32N2OS. The molecule has 1 N–H and O–H groups in total. The van der Waals surface area contributed by atoms with E-state index in [1.54, 1.807) is 0 Å². The van der Waals surface area contributed by atoms with Crippen LogP contribution in [0.3, 0.4) is 0 Å². The molecule has 1 amide bonds. The van der Waals surface area contributed by atoms with Crippen LogP contribution < -0.4 is 5.32 Å². The maximum Gasteiger partial charge on any atom is 0.241 e. The van der Waals surface area contributed by atoms with Gasteiger partial charge in [0.2, 0.25) is 5.91 Å². The summed E-state index contributed by atoms with van der Waals surface area (Å²) in [6, 6.07) is 0.566. The highest BCUT2D eigenvalue weighted by molar-refractivity contribution is 7.99. The number of thioether (sulfide) groups is 1. The van der Waals surface area contributed by atoms with E-state index in [0.717, 1.165) is 30.9 Å². The average molecular weight is 313 g/mol. The van der Waals surface area contributed by atoms with E-state index < -0.39 is 0 Å². The summed E-state index contributed by atoms with van der Waals surface area (Å²) in [7, 11) is 0. The van der Waals surface area contributed by atoms with Crippen LogP contribution in [0.2, 0.25) is 0 Å². The molecule has 3 nitrogen and oxygen atoms in total. The van der Waals surface area contributed by atoms with Gasteiger partial charge in [-0.05, 0) is 44.8 Å². The van der Waals surface area contributed by atoms with E-state index in [9.17, 15) is 4.79 Å². The molecule has 122 valence electrons. The number of hydrogen-bond acceptors (Lipinski definition) is 3. The monoisotopic (exact) mass is 312 g/mol. The fraction of sp³-hybridized carbons (Fsp3) is 0.941. The molecule has 2 fully saturated rings. The summed E-state index contributed by atoms with van der Waals surface area (Å²) in [5.74, 6) is 0.384. The van der Waals surface area contributed by atoms with Gasteiger partial charge in [-0.1, -0.05) is 33.1 Å². The molecule has 1 aliphatic carbocycles. The molecule has 2 atom stereocenters. The van der Waals surface area contributed by atoms with Crippen LogP contribution in [0.5, 0.6) is 0 Å². The number of nitrogens with zero attached hydrogens (tertiary/aromatic N) is 1. The molecule has 1 saturated heterocycles. The van der Waals surface area contributed by atoms with Gasteiger partial charge in [0.25, 0.3) is 0 Å². The van der Waals surface area contributed by atoms with Gasteiger partial charge in [0, 0.05) is 11.3 Å². The lowest BCUT2D eigenvalue weighted by atomic mass is 9.93. The first-order chi connectivity index (χ1) is 10.2. The molecule has 2 unspecified atom stereocenters. The topological polar surface area (TPSA) is 32.3 Å². The second-order valence-electron chi connectivity index (χ2n) is 6.58. The highest BCUT2D eigenvalue weighted by atomic mass is 32.2. The summed E-state index contributed by atoms with van der Waals surface area (Å²) in [5, 5.41) is 4.43. The van der Waals surface area contributed by atoms with Gasteiger partial charge in [-0.25, -0.2) is 0 Å². The van der Waals surface area contributed by atoms with Crippen molar-refractivity contribution in [3.8, 4) is 0 Å². The maximum atomic E-state index is 12.8. The van der Waals surface area contributed by atoms with Gasteiger partial charge in [0.05, 0.1) is 12.2 Å². The Labute approximate surface area is 134 Å². The maximum absolute atomic E-state index is 12.8. The molecule has 1 aliphatic heterocycles. The van der Waals surface area contributed by atoms with Gasteiger partial charge in [-0.15, -0.1) is 0 Å². The first kappa shape index (κ1) is 17.1. The van der Waals surface area contributed by atoms with Gasteiger partial charge in [0.1, 0.15) is 0 Å². The molecule has 21 heavy (non-hydrogen) atoms. The molecule has 0 spiro atoms. The molecule has 0 aromatic heterocycles. The van der Waals surface area contributed by atoms with Crippen molar-refractivity contribution in [1.29, 1.82) is 0 Å². The van der Waals surface area contributed by atoms with Crippen molar-refractivity contribution in [2.75, 3.05) is 6.26 Å². The molecule has 4 heteroatoms. The first-order valence-electron chi connectivity index (χ1n) is 8.82. The predicted molar refractivity (Wildman–Crippen MR) is 91.5 cm³/mol. The number of carbonyl (C=O) groups excluding carboxylic acids is 1. The zero-order valence-corrected chi connectivity index (χ0v) is 14.8. The lowest BCUT2D eigenvalue weighted by Gasteiger charge is -2.37. The van der Waals surface area contributed by atoms with Gasteiger partial charge in [-0.3, -0.25) is 10.1 Å². The Morgan fingerprint density at radius 2 is 1.86 bits per heavy atom. The average Bonchev–Trinajstić information content (AvgIpc) is 2.81. The van der Waals surface area contributed by atoms with E-state index in [-0.39, 0.29) is 6.04 Å². The fourth-order valence-corrected chi connectivity index (χ4v) is 4.57. The number of amides is 1. The smallest absolute Gasteiger partial charge is 0.241 e. The molecule has 0 aromatic carbocycles. The van der Waals surface area contributed by atoms with Crippen LogP contribution in [0, 0.1) is 0 Å². The molecule has 0 bridgehead atoms. The Hall–Kier alpha value is -0.220. The summed E-state index contributed by atoms with van der Waals surface area (Å²) >= 11 is 1.99. The van der Waals surface area contributed by atoms with E-state index in [2.05, 4.69) is 30.3 Å². The summed E-state index contributed by atoms with van der Waals surface area (Å²) < 4.78 is 0. The van der Waals surface area contributed by atoms with Crippen LogP contribution >= 0.6 is 11.8 Å². The fourth-order valence-electron chi connectivity index (χ4n) is 3.82.